The SMILES string of the molecule is O=C1CCC2CN(CCc3nc(CCl)cs3)CCC2N1. The minimum atomic E-state index is 0.232. The zero-order valence-electron chi connectivity index (χ0n) is 11.5. The van der Waals surface area contributed by atoms with Crippen molar-refractivity contribution in [2.75, 3.05) is 19.6 Å². The molecule has 1 amide bonds. The van der Waals surface area contributed by atoms with Gasteiger partial charge in [0.1, 0.15) is 0 Å². The van der Waals surface area contributed by atoms with Crippen molar-refractivity contribution >= 4 is 28.8 Å². The van der Waals surface area contributed by atoms with Gasteiger partial charge in [-0.1, -0.05) is 0 Å². The van der Waals surface area contributed by atoms with Crippen molar-refractivity contribution < 1.29 is 4.79 Å². The first-order chi connectivity index (χ1) is 9.74. The number of amides is 1. The average Bonchev–Trinajstić information content (AvgIpc) is 2.93. The number of thiazole rings is 1. The molecule has 0 bridgehead atoms. The number of piperidine rings is 2. The second-order valence-corrected chi connectivity index (χ2v) is 6.89. The quantitative estimate of drug-likeness (QED) is 0.865. The van der Waals surface area contributed by atoms with Gasteiger partial charge in [-0.15, -0.1) is 22.9 Å². The maximum absolute atomic E-state index is 11.4. The molecule has 3 heterocycles. The first-order valence-corrected chi connectivity index (χ1v) is 8.67. The zero-order valence-corrected chi connectivity index (χ0v) is 13.1. The smallest absolute Gasteiger partial charge is 0.220 e. The van der Waals surface area contributed by atoms with Gasteiger partial charge in [0.15, 0.2) is 0 Å². The van der Waals surface area contributed by atoms with Gasteiger partial charge in [0.25, 0.3) is 0 Å². The first-order valence-electron chi connectivity index (χ1n) is 7.25. The van der Waals surface area contributed by atoms with Gasteiger partial charge in [0, 0.05) is 43.9 Å². The Kier molecular flexibility index (Phi) is 4.58. The number of rotatable bonds is 4. The van der Waals surface area contributed by atoms with E-state index in [2.05, 4.69) is 15.2 Å². The van der Waals surface area contributed by atoms with Crippen molar-refractivity contribution in [1.82, 2.24) is 15.2 Å². The van der Waals surface area contributed by atoms with Gasteiger partial charge in [-0.3, -0.25) is 4.79 Å². The van der Waals surface area contributed by atoms with E-state index >= 15 is 0 Å². The number of carbonyl (C=O) groups is 1. The van der Waals surface area contributed by atoms with Crippen LogP contribution in [-0.4, -0.2) is 41.5 Å². The number of halogens is 1. The maximum Gasteiger partial charge on any atom is 0.220 e. The lowest BCUT2D eigenvalue weighted by atomic mass is 9.85. The van der Waals surface area contributed by atoms with Crippen LogP contribution in [0.25, 0.3) is 0 Å². The van der Waals surface area contributed by atoms with Gasteiger partial charge in [-0.2, -0.15) is 0 Å². The summed E-state index contributed by atoms with van der Waals surface area (Å²) in [6.45, 7) is 3.25. The molecule has 2 unspecified atom stereocenters. The van der Waals surface area contributed by atoms with E-state index in [4.69, 9.17) is 11.6 Å². The predicted octanol–water partition coefficient (Wildman–Crippen LogP) is 2.02. The Morgan fingerprint density at radius 3 is 3.20 bits per heavy atom. The largest absolute Gasteiger partial charge is 0.353 e. The molecular weight excluding hydrogens is 294 g/mol. The Bertz CT molecular complexity index is 479. The molecule has 1 aromatic heterocycles. The number of nitrogens with zero attached hydrogens (tertiary/aromatic N) is 2. The number of hydrogen-bond acceptors (Lipinski definition) is 4. The molecule has 0 aromatic carbocycles. The highest BCUT2D eigenvalue weighted by atomic mass is 35.5. The molecule has 2 aliphatic heterocycles. The Labute approximate surface area is 128 Å². The lowest BCUT2D eigenvalue weighted by Gasteiger charge is -2.41. The third-order valence-electron chi connectivity index (χ3n) is 4.28. The Balaban J connectivity index is 1.48. The molecule has 4 nitrogen and oxygen atoms in total. The number of likely N-dealkylation sites (tertiary alicyclic amines) is 1. The molecular formula is C14H20ClN3OS. The summed E-state index contributed by atoms with van der Waals surface area (Å²) >= 11 is 7.48. The van der Waals surface area contributed by atoms with Crippen LogP contribution >= 0.6 is 22.9 Å². The molecule has 1 aromatic rings. The van der Waals surface area contributed by atoms with Crippen LogP contribution in [0.2, 0.25) is 0 Å². The number of carbonyl (C=O) groups excluding carboxylic acids is 1. The highest BCUT2D eigenvalue weighted by Crippen LogP contribution is 2.25. The second kappa shape index (κ2) is 6.41. The summed E-state index contributed by atoms with van der Waals surface area (Å²) in [6.07, 6.45) is 3.83. The Morgan fingerprint density at radius 1 is 1.50 bits per heavy atom. The van der Waals surface area contributed by atoms with Gasteiger partial charge < -0.3 is 10.2 Å². The number of hydrogen-bond donors (Lipinski definition) is 1. The summed E-state index contributed by atoms with van der Waals surface area (Å²) in [6, 6.07) is 0.412. The molecule has 0 radical (unpaired) electrons. The fraction of sp³-hybridized carbons (Fsp3) is 0.714. The highest BCUT2D eigenvalue weighted by Gasteiger charge is 2.33. The second-order valence-electron chi connectivity index (χ2n) is 5.68. The van der Waals surface area contributed by atoms with E-state index in [-0.39, 0.29) is 5.91 Å². The van der Waals surface area contributed by atoms with E-state index in [1.54, 1.807) is 11.3 Å². The van der Waals surface area contributed by atoms with Crippen molar-refractivity contribution in [2.24, 2.45) is 5.92 Å². The van der Waals surface area contributed by atoms with E-state index in [1.165, 1.54) is 5.01 Å². The van der Waals surface area contributed by atoms with Crippen molar-refractivity contribution in [3.8, 4) is 0 Å². The third-order valence-corrected chi connectivity index (χ3v) is 5.52. The molecule has 1 N–H and O–H groups in total. The predicted molar refractivity (Wildman–Crippen MR) is 81.1 cm³/mol. The van der Waals surface area contributed by atoms with Crippen molar-refractivity contribution in [1.29, 1.82) is 0 Å². The molecule has 2 atom stereocenters. The standard InChI is InChI=1S/C14H20ClN3OS/c15-7-11-9-20-14(16-11)4-6-18-5-3-12-10(8-18)1-2-13(19)17-12/h9-10,12H,1-8H2,(H,17,19). The van der Waals surface area contributed by atoms with Gasteiger partial charge in [-0.05, 0) is 18.8 Å². The number of nitrogens with one attached hydrogen (secondary N) is 1. The minimum Gasteiger partial charge on any atom is -0.353 e. The molecule has 2 fully saturated rings. The fourth-order valence-corrected chi connectivity index (χ4v) is 4.18. The van der Waals surface area contributed by atoms with Crippen LogP contribution < -0.4 is 5.32 Å². The summed E-state index contributed by atoms with van der Waals surface area (Å²) in [5.41, 5.74) is 0.986. The topological polar surface area (TPSA) is 45.2 Å². The normalized spacial score (nSPS) is 27.1. The van der Waals surface area contributed by atoms with Gasteiger partial charge in [0.2, 0.25) is 5.91 Å². The molecule has 0 spiro atoms. The molecule has 0 saturated carbocycles. The Morgan fingerprint density at radius 2 is 2.40 bits per heavy atom. The van der Waals surface area contributed by atoms with Crippen LogP contribution in [0, 0.1) is 5.92 Å². The van der Waals surface area contributed by atoms with E-state index in [1.807, 2.05) is 5.38 Å². The monoisotopic (exact) mass is 313 g/mol. The van der Waals surface area contributed by atoms with Gasteiger partial charge in [0.05, 0.1) is 16.6 Å². The van der Waals surface area contributed by atoms with Crippen LogP contribution in [0.5, 0.6) is 0 Å². The van der Waals surface area contributed by atoms with Gasteiger partial charge in [-0.25, -0.2) is 4.98 Å². The number of fused-ring (bicyclic) bond motifs is 1. The lowest BCUT2D eigenvalue weighted by molar-refractivity contribution is -0.125. The molecule has 6 heteroatoms. The lowest BCUT2D eigenvalue weighted by Crippen LogP contribution is -2.54. The van der Waals surface area contributed by atoms with Crippen molar-refractivity contribution in [3.05, 3.63) is 16.1 Å². The van der Waals surface area contributed by atoms with Gasteiger partial charge >= 0.3 is 0 Å². The zero-order chi connectivity index (χ0) is 13.9. The highest BCUT2D eigenvalue weighted by molar-refractivity contribution is 7.09. The van der Waals surface area contributed by atoms with Crippen LogP contribution in [0.3, 0.4) is 0 Å². The average molecular weight is 314 g/mol. The summed E-state index contributed by atoms with van der Waals surface area (Å²) < 4.78 is 0. The summed E-state index contributed by atoms with van der Waals surface area (Å²) in [7, 11) is 0. The van der Waals surface area contributed by atoms with E-state index in [9.17, 15) is 4.79 Å². The summed E-state index contributed by atoms with van der Waals surface area (Å²) in [4.78, 5) is 18.4. The van der Waals surface area contributed by atoms with Crippen molar-refractivity contribution in [3.63, 3.8) is 0 Å². The maximum atomic E-state index is 11.4. The summed E-state index contributed by atoms with van der Waals surface area (Å²) in [5, 5.41) is 6.36. The Hall–Kier alpha value is -0.650. The van der Waals surface area contributed by atoms with Crippen LogP contribution in [0.1, 0.15) is 30.0 Å². The van der Waals surface area contributed by atoms with Crippen LogP contribution in [0.4, 0.5) is 0 Å². The minimum absolute atomic E-state index is 0.232. The van der Waals surface area contributed by atoms with Crippen LogP contribution in [-0.2, 0) is 17.1 Å². The number of aromatic nitrogens is 1. The van der Waals surface area contributed by atoms with E-state index < -0.39 is 0 Å². The van der Waals surface area contributed by atoms with E-state index in [0.717, 1.165) is 44.6 Å². The number of alkyl halides is 1. The van der Waals surface area contributed by atoms with E-state index in [0.29, 0.717) is 24.3 Å². The van der Waals surface area contributed by atoms with Crippen molar-refractivity contribution in [2.45, 2.75) is 37.6 Å². The summed E-state index contributed by atoms with van der Waals surface area (Å²) in [5.74, 6) is 1.37. The fourth-order valence-electron chi connectivity index (χ4n) is 3.17. The molecule has 110 valence electrons. The molecule has 20 heavy (non-hydrogen) atoms. The molecule has 0 aliphatic carbocycles. The molecule has 2 saturated heterocycles. The molecule has 3 rings (SSSR count). The van der Waals surface area contributed by atoms with Crippen LogP contribution in [0.15, 0.2) is 5.38 Å². The third kappa shape index (κ3) is 3.32. The molecule has 2 aliphatic rings. The first kappa shape index (κ1) is 14.3.